The van der Waals surface area contributed by atoms with Gasteiger partial charge in [-0.15, -0.1) is 0 Å². The molecule has 20 heavy (non-hydrogen) atoms. The summed E-state index contributed by atoms with van der Waals surface area (Å²) in [4.78, 5) is 15.1. The number of hydrogen-bond donors (Lipinski definition) is 2. The van der Waals surface area contributed by atoms with Crippen LogP contribution in [0.2, 0.25) is 0 Å². The van der Waals surface area contributed by atoms with Crippen LogP contribution >= 0.6 is 0 Å². The highest BCUT2D eigenvalue weighted by molar-refractivity contribution is 5.83. The summed E-state index contributed by atoms with van der Waals surface area (Å²) < 4.78 is 0. The summed E-state index contributed by atoms with van der Waals surface area (Å²) in [6.07, 6.45) is 9.31. The molecule has 1 saturated carbocycles. The lowest BCUT2D eigenvalue weighted by atomic mass is 9.79. The van der Waals surface area contributed by atoms with Gasteiger partial charge in [-0.2, -0.15) is 0 Å². The summed E-state index contributed by atoms with van der Waals surface area (Å²) in [5.41, 5.74) is 5.68. The van der Waals surface area contributed by atoms with Crippen molar-refractivity contribution in [2.45, 2.75) is 64.3 Å². The molecule has 1 saturated heterocycles. The average molecular weight is 281 g/mol. The molecule has 0 aromatic rings. The Balaban J connectivity index is 1.85. The second kappa shape index (κ2) is 7.41. The first-order valence-corrected chi connectivity index (χ1v) is 8.40. The lowest BCUT2D eigenvalue weighted by Gasteiger charge is -2.31. The van der Waals surface area contributed by atoms with Crippen LogP contribution in [0, 0.1) is 5.41 Å². The van der Waals surface area contributed by atoms with Crippen LogP contribution in [0.15, 0.2) is 0 Å². The van der Waals surface area contributed by atoms with E-state index in [0.717, 1.165) is 32.2 Å². The normalized spacial score (nSPS) is 25.1. The molecular weight excluding hydrogens is 250 g/mol. The number of nitrogens with two attached hydrogens (primary N) is 1. The topological polar surface area (TPSA) is 58.4 Å². The van der Waals surface area contributed by atoms with Crippen molar-refractivity contribution in [3.05, 3.63) is 0 Å². The number of likely N-dealkylation sites (tertiary alicyclic amines) is 1. The van der Waals surface area contributed by atoms with E-state index in [2.05, 4.69) is 17.1 Å². The summed E-state index contributed by atoms with van der Waals surface area (Å²) in [5.74, 6) is 0.202. The van der Waals surface area contributed by atoms with Gasteiger partial charge < -0.3 is 11.1 Å². The van der Waals surface area contributed by atoms with E-state index in [1.54, 1.807) is 0 Å². The molecule has 1 atom stereocenters. The highest BCUT2D eigenvalue weighted by Crippen LogP contribution is 2.34. The van der Waals surface area contributed by atoms with Crippen LogP contribution in [0.4, 0.5) is 0 Å². The van der Waals surface area contributed by atoms with Gasteiger partial charge >= 0.3 is 0 Å². The molecule has 0 aromatic heterocycles. The van der Waals surface area contributed by atoms with Crippen molar-refractivity contribution in [3.8, 4) is 0 Å². The summed E-state index contributed by atoms with van der Waals surface area (Å²) in [6.45, 7) is 5.84. The Labute approximate surface area is 123 Å². The molecule has 116 valence electrons. The molecule has 4 nitrogen and oxygen atoms in total. The molecule has 1 heterocycles. The number of carbonyl (C=O) groups excluding carboxylic acids is 1. The van der Waals surface area contributed by atoms with Gasteiger partial charge in [-0.3, -0.25) is 9.69 Å². The Bertz CT molecular complexity index is 305. The maximum absolute atomic E-state index is 12.6. The van der Waals surface area contributed by atoms with Crippen molar-refractivity contribution in [1.29, 1.82) is 0 Å². The zero-order valence-corrected chi connectivity index (χ0v) is 13.0. The first-order chi connectivity index (χ1) is 9.68. The molecule has 0 aromatic carbocycles. The summed E-state index contributed by atoms with van der Waals surface area (Å²) in [7, 11) is 0. The van der Waals surface area contributed by atoms with E-state index in [0.29, 0.717) is 12.6 Å². The summed E-state index contributed by atoms with van der Waals surface area (Å²) in [5, 5.41) is 3.19. The Morgan fingerprint density at radius 3 is 2.30 bits per heavy atom. The third-order valence-corrected chi connectivity index (χ3v) is 5.26. The largest absolute Gasteiger partial charge is 0.354 e. The first-order valence-electron chi connectivity index (χ1n) is 8.40. The van der Waals surface area contributed by atoms with Crippen LogP contribution in [0.5, 0.6) is 0 Å². The highest BCUT2D eigenvalue weighted by Gasteiger charge is 2.37. The van der Waals surface area contributed by atoms with Gasteiger partial charge in [0, 0.05) is 19.1 Å². The van der Waals surface area contributed by atoms with Crippen LogP contribution < -0.4 is 11.1 Å². The van der Waals surface area contributed by atoms with E-state index < -0.39 is 0 Å². The van der Waals surface area contributed by atoms with Crippen LogP contribution in [-0.2, 0) is 4.79 Å². The minimum atomic E-state index is -0.290. The van der Waals surface area contributed by atoms with Gasteiger partial charge in [0.05, 0.1) is 5.41 Å². The fourth-order valence-corrected chi connectivity index (χ4v) is 3.67. The molecule has 0 bridgehead atoms. The monoisotopic (exact) mass is 281 g/mol. The Kier molecular flexibility index (Phi) is 5.85. The molecule has 2 rings (SSSR count). The molecule has 1 aliphatic carbocycles. The van der Waals surface area contributed by atoms with E-state index in [9.17, 15) is 4.79 Å². The van der Waals surface area contributed by atoms with Gasteiger partial charge in [0.15, 0.2) is 0 Å². The molecule has 2 fully saturated rings. The minimum absolute atomic E-state index is 0.202. The quantitative estimate of drug-likeness (QED) is 0.757. The molecule has 2 aliphatic rings. The molecule has 3 N–H and O–H groups in total. The van der Waals surface area contributed by atoms with Crippen LogP contribution in [0.25, 0.3) is 0 Å². The van der Waals surface area contributed by atoms with Gasteiger partial charge in [-0.1, -0.05) is 25.7 Å². The SMILES string of the molecule is CC(CNC(=O)C1(CN)CCCCCC1)N1CCCC1. The van der Waals surface area contributed by atoms with E-state index in [1.807, 2.05) is 0 Å². The zero-order valence-electron chi connectivity index (χ0n) is 13.0. The third kappa shape index (κ3) is 3.73. The first kappa shape index (κ1) is 15.8. The second-order valence-electron chi connectivity index (χ2n) is 6.70. The van der Waals surface area contributed by atoms with Gasteiger partial charge in [-0.05, 0) is 45.7 Å². The molecule has 1 aliphatic heterocycles. The Hall–Kier alpha value is -0.610. The fourth-order valence-electron chi connectivity index (χ4n) is 3.67. The number of hydrogen-bond acceptors (Lipinski definition) is 3. The minimum Gasteiger partial charge on any atom is -0.354 e. The van der Waals surface area contributed by atoms with Crippen molar-refractivity contribution < 1.29 is 4.79 Å². The molecule has 4 heteroatoms. The number of rotatable bonds is 5. The molecular formula is C16H31N3O. The molecule has 1 unspecified atom stereocenters. The van der Waals surface area contributed by atoms with Crippen molar-refractivity contribution in [2.24, 2.45) is 11.1 Å². The van der Waals surface area contributed by atoms with E-state index in [4.69, 9.17) is 5.73 Å². The lowest BCUT2D eigenvalue weighted by Crippen LogP contribution is -2.49. The maximum atomic E-state index is 12.6. The predicted molar refractivity (Wildman–Crippen MR) is 82.5 cm³/mol. The standard InChI is InChI=1S/C16H31N3O/c1-14(19-10-6-7-11-19)12-18-15(20)16(13-17)8-4-2-3-5-9-16/h14H,2-13,17H2,1H3,(H,18,20). The average Bonchev–Trinajstić information content (AvgIpc) is 2.89. The Morgan fingerprint density at radius 2 is 1.75 bits per heavy atom. The van der Waals surface area contributed by atoms with E-state index >= 15 is 0 Å². The van der Waals surface area contributed by atoms with Gasteiger partial charge in [0.2, 0.25) is 5.91 Å². The van der Waals surface area contributed by atoms with Crippen LogP contribution in [-0.4, -0.2) is 43.0 Å². The van der Waals surface area contributed by atoms with Crippen LogP contribution in [0.1, 0.15) is 58.3 Å². The molecule has 0 radical (unpaired) electrons. The van der Waals surface area contributed by atoms with Gasteiger partial charge in [0.1, 0.15) is 0 Å². The van der Waals surface area contributed by atoms with E-state index in [1.165, 1.54) is 38.8 Å². The van der Waals surface area contributed by atoms with Crippen molar-refractivity contribution >= 4 is 5.91 Å². The van der Waals surface area contributed by atoms with Crippen molar-refractivity contribution in [1.82, 2.24) is 10.2 Å². The smallest absolute Gasteiger partial charge is 0.227 e. The Morgan fingerprint density at radius 1 is 1.15 bits per heavy atom. The highest BCUT2D eigenvalue weighted by atomic mass is 16.2. The van der Waals surface area contributed by atoms with Crippen molar-refractivity contribution in [3.63, 3.8) is 0 Å². The molecule has 1 amide bonds. The van der Waals surface area contributed by atoms with Crippen molar-refractivity contribution in [2.75, 3.05) is 26.2 Å². The lowest BCUT2D eigenvalue weighted by molar-refractivity contribution is -0.131. The number of nitrogens with one attached hydrogen (secondary N) is 1. The summed E-state index contributed by atoms with van der Waals surface area (Å²) in [6, 6.07) is 0.446. The maximum Gasteiger partial charge on any atom is 0.227 e. The van der Waals surface area contributed by atoms with Gasteiger partial charge in [0.25, 0.3) is 0 Å². The van der Waals surface area contributed by atoms with Crippen LogP contribution in [0.3, 0.4) is 0 Å². The zero-order chi connectivity index (χ0) is 14.4. The second-order valence-corrected chi connectivity index (χ2v) is 6.70. The fraction of sp³-hybridized carbons (Fsp3) is 0.938. The predicted octanol–water partition coefficient (Wildman–Crippen LogP) is 1.89. The molecule has 0 spiro atoms. The third-order valence-electron chi connectivity index (χ3n) is 5.26. The number of carbonyl (C=O) groups is 1. The number of nitrogens with zero attached hydrogens (tertiary/aromatic N) is 1. The van der Waals surface area contributed by atoms with Gasteiger partial charge in [-0.25, -0.2) is 0 Å². The van der Waals surface area contributed by atoms with E-state index in [-0.39, 0.29) is 11.3 Å². The number of amides is 1. The summed E-state index contributed by atoms with van der Waals surface area (Å²) >= 11 is 0.